The number of hydrogen-bond acceptors (Lipinski definition) is 6. The molecule has 11 heteroatoms. The zero-order valence-electron chi connectivity index (χ0n) is 16.9. The van der Waals surface area contributed by atoms with Gasteiger partial charge in [-0.2, -0.15) is 13.2 Å². The average molecular weight is 448 g/mol. The highest BCUT2D eigenvalue weighted by atomic mass is 19.4. The van der Waals surface area contributed by atoms with Crippen molar-refractivity contribution in [3.63, 3.8) is 0 Å². The minimum absolute atomic E-state index is 0.00219. The van der Waals surface area contributed by atoms with Crippen molar-refractivity contribution in [2.24, 2.45) is 11.0 Å². The largest absolute Gasteiger partial charge is 0.461 e. The monoisotopic (exact) mass is 448 g/mol. The van der Waals surface area contributed by atoms with E-state index in [0.717, 1.165) is 0 Å². The highest BCUT2D eigenvalue weighted by molar-refractivity contribution is 5.86. The average Bonchev–Trinajstić information content (AvgIpc) is 3.26. The molecule has 2 N–H and O–H groups in total. The van der Waals surface area contributed by atoms with Crippen LogP contribution in [0.2, 0.25) is 0 Å². The zero-order chi connectivity index (χ0) is 22.9. The molecule has 1 fully saturated rings. The number of anilines is 1. The topological polar surface area (TPSA) is 102 Å². The molecule has 3 heterocycles. The predicted molar refractivity (Wildman–Crippen MR) is 109 cm³/mol. The molecular formula is C21H20F4N6O. The molecule has 1 saturated heterocycles. The van der Waals surface area contributed by atoms with Crippen LogP contribution in [0.5, 0.6) is 0 Å². The number of nitrogens with zero attached hydrogens (tertiary/aromatic N) is 4. The van der Waals surface area contributed by atoms with E-state index in [4.69, 9.17) is 15.4 Å². The summed E-state index contributed by atoms with van der Waals surface area (Å²) in [5, 5.41) is 11.5. The second-order valence-electron chi connectivity index (χ2n) is 7.70. The van der Waals surface area contributed by atoms with Crippen molar-refractivity contribution in [3.8, 4) is 11.3 Å². The minimum Gasteiger partial charge on any atom is -0.461 e. The SMILES string of the molecule is N=NC(=N)C1CCN(c2nc(CCC(F)(F)F)cnc2-c2cc(F)c3occc3c2)CC1. The number of rotatable bonds is 5. The molecule has 0 spiro atoms. The van der Waals surface area contributed by atoms with Crippen molar-refractivity contribution in [3.05, 3.63) is 42.2 Å². The number of amidine groups is 1. The van der Waals surface area contributed by atoms with Gasteiger partial charge in [0.25, 0.3) is 0 Å². The fourth-order valence-electron chi connectivity index (χ4n) is 3.86. The second kappa shape index (κ2) is 8.64. The Morgan fingerprint density at radius 3 is 2.69 bits per heavy atom. The zero-order valence-corrected chi connectivity index (χ0v) is 16.9. The van der Waals surface area contributed by atoms with Crippen molar-refractivity contribution in [2.45, 2.75) is 31.9 Å². The maximum atomic E-state index is 14.5. The van der Waals surface area contributed by atoms with Gasteiger partial charge in [-0.3, -0.25) is 10.4 Å². The molecule has 32 heavy (non-hydrogen) atoms. The Morgan fingerprint density at radius 2 is 2.00 bits per heavy atom. The summed E-state index contributed by atoms with van der Waals surface area (Å²) >= 11 is 0. The van der Waals surface area contributed by atoms with E-state index >= 15 is 0 Å². The van der Waals surface area contributed by atoms with E-state index in [2.05, 4.69) is 15.1 Å². The van der Waals surface area contributed by atoms with Gasteiger partial charge >= 0.3 is 6.18 Å². The summed E-state index contributed by atoms with van der Waals surface area (Å²) in [6.45, 7) is 0.923. The Labute approximate surface area is 180 Å². The Kier molecular flexibility index (Phi) is 5.90. The molecule has 0 aliphatic carbocycles. The van der Waals surface area contributed by atoms with Crippen LogP contribution in [0.4, 0.5) is 23.4 Å². The number of fused-ring (bicyclic) bond motifs is 1. The molecule has 1 aliphatic heterocycles. The number of piperidine rings is 1. The fraction of sp³-hybridized carbons (Fsp3) is 0.381. The van der Waals surface area contributed by atoms with E-state index in [1.54, 1.807) is 12.1 Å². The Morgan fingerprint density at radius 1 is 1.25 bits per heavy atom. The van der Waals surface area contributed by atoms with Gasteiger partial charge < -0.3 is 9.32 Å². The number of halogens is 4. The van der Waals surface area contributed by atoms with Crippen LogP contribution in [0, 0.1) is 22.7 Å². The van der Waals surface area contributed by atoms with Crippen LogP contribution < -0.4 is 4.90 Å². The predicted octanol–water partition coefficient (Wildman–Crippen LogP) is 5.75. The molecule has 168 valence electrons. The lowest BCUT2D eigenvalue weighted by Gasteiger charge is -2.33. The standard InChI is InChI=1S/C21H20F4N6O/c22-16-10-14(9-13-4-8-32-18(13)16)17-20(29-15(11-28-17)1-5-21(23,24)25)31-6-2-12(3-7-31)19(26)30-27/h4,8-12,26-27H,1-3,5-7H2. The number of hydrogen-bond donors (Lipinski definition) is 2. The Balaban J connectivity index is 1.70. The summed E-state index contributed by atoms with van der Waals surface area (Å²) in [5.41, 5.74) is 8.15. The van der Waals surface area contributed by atoms with Crippen LogP contribution in [-0.4, -0.2) is 35.1 Å². The van der Waals surface area contributed by atoms with Crippen molar-refractivity contribution < 1.29 is 22.0 Å². The van der Waals surface area contributed by atoms with Crippen molar-refractivity contribution in [1.29, 1.82) is 10.9 Å². The van der Waals surface area contributed by atoms with Gasteiger partial charge in [-0.25, -0.2) is 14.9 Å². The third-order valence-electron chi connectivity index (χ3n) is 5.55. The van der Waals surface area contributed by atoms with E-state index in [-0.39, 0.29) is 29.5 Å². The quantitative estimate of drug-likeness (QED) is 0.225. The van der Waals surface area contributed by atoms with Crippen LogP contribution >= 0.6 is 0 Å². The molecule has 2 aromatic heterocycles. The van der Waals surface area contributed by atoms with Crippen LogP contribution in [-0.2, 0) is 6.42 Å². The summed E-state index contributed by atoms with van der Waals surface area (Å²) in [7, 11) is 0. The molecule has 0 radical (unpaired) electrons. The maximum absolute atomic E-state index is 14.5. The number of furan rings is 1. The summed E-state index contributed by atoms with van der Waals surface area (Å²) in [6.07, 6.45) is -1.87. The third kappa shape index (κ3) is 4.61. The normalized spacial score (nSPS) is 15.3. The van der Waals surface area contributed by atoms with E-state index < -0.39 is 18.4 Å². The molecule has 3 aromatic rings. The lowest BCUT2D eigenvalue weighted by Crippen LogP contribution is -2.37. The lowest BCUT2D eigenvalue weighted by molar-refractivity contribution is -0.134. The summed E-state index contributed by atoms with van der Waals surface area (Å²) in [5.74, 6) is -0.351. The van der Waals surface area contributed by atoms with Crippen LogP contribution in [0.15, 0.2) is 40.2 Å². The van der Waals surface area contributed by atoms with E-state index in [0.29, 0.717) is 48.4 Å². The Bertz CT molecular complexity index is 1150. The molecule has 0 saturated carbocycles. The molecule has 1 aliphatic rings. The first kappa shape index (κ1) is 21.8. The number of aromatic nitrogens is 2. The van der Waals surface area contributed by atoms with Gasteiger partial charge in [0.15, 0.2) is 17.2 Å². The number of benzene rings is 1. The number of alkyl halides is 3. The van der Waals surface area contributed by atoms with Crippen molar-refractivity contribution >= 4 is 22.6 Å². The fourth-order valence-corrected chi connectivity index (χ4v) is 3.86. The van der Waals surface area contributed by atoms with E-state index in [1.165, 1.54) is 18.5 Å². The first-order valence-corrected chi connectivity index (χ1v) is 10.1. The molecule has 4 rings (SSSR count). The van der Waals surface area contributed by atoms with Gasteiger partial charge in [0.2, 0.25) is 0 Å². The summed E-state index contributed by atoms with van der Waals surface area (Å²) in [6, 6.07) is 4.59. The van der Waals surface area contributed by atoms with E-state index in [1.807, 2.05) is 4.90 Å². The molecule has 0 bridgehead atoms. The molecule has 0 atom stereocenters. The maximum Gasteiger partial charge on any atom is 0.389 e. The minimum atomic E-state index is -4.31. The van der Waals surface area contributed by atoms with Gasteiger partial charge in [0, 0.05) is 42.6 Å². The molecule has 1 aromatic carbocycles. The second-order valence-corrected chi connectivity index (χ2v) is 7.70. The van der Waals surface area contributed by atoms with Gasteiger partial charge in [-0.05, 0) is 37.5 Å². The van der Waals surface area contributed by atoms with Crippen LogP contribution in [0.25, 0.3) is 22.2 Å². The number of aryl methyl sites for hydroxylation is 1. The van der Waals surface area contributed by atoms with E-state index in [9.17, 15) is 17.6 Å². The van der Waals surface area contributed by atoms with Crippen molar-refractivity contribution in [2.75, 3.05) is 18.0 Å². The molecular weight excluding hydrogens is 428 g/mol. The first-order valence-electron chi connectivity index (χ1n) is 10.1. The highest BCUT2D eigenvalue weighted by Gasteiger charge is 2.29. The first-order chi connectivity index (χ1) is 15.2. The summed E-state index contributed by atoms with van der Waals surface area (Å²) < 4.78 is 57.8. The van der Waals surface area contributed by atoms with Gasteiger partial charge in [-0.15, -0.1) is 5.11 Å². The molecule has 0 unspecified atom stereocenters. The Hall–Kier alpha value is -3.37. The number of nitrogens with one attached hydrogen (secondary N) is 2. The van der Waals surface area contributed by atoms with Gasteiger partial charge in [0.1, 0.15) is 11.5 Å². The smallest absolute Gasteiger partial charge is 0.389 e. The molecule has 7 nitrogen and oxygen atoms in total. The van der Waals surface area contributed by atoms with Gasteiger partial charge in [-0.1, -0.05) is 0 Å². The van der Waals surface area contributed by atoms with Crippen LogP contribution in [0.1, 0.15) is 25.0 Å². The van der Waals surface area contributed by atoms with Crippen molar-refractivity contribution in [1.82, 2.24) is 9.97 Å². The lowest BCUT2D eigenvalue weighted by atomic mass is 9.95. The highest BCUT2D eigenvalue weighted by Crippen LogP contribution is 2.34. The molecule has 0 amide bonds. The third-order valence-corrected chi connectivity index (χ3v) is 5.55. The van der Waals surface area contributed by atoms with Gasteiger partial charge in [0.05, 0.1) is 12.0 Å². The summed E-state index contributed by atoms with van der Waals surface area (Å²) in [4.78, 5) is 10.7. The van der Waals surface area contributed by atoms with Crippen LogP contribution in [0.3, 0.4) is 0 Å².